The highest BCUT2D eigenvalue weighted by Gasteiger charge is 2.19. The highest BCUT2D eigenvalue weighted by molar-refractivity contribution is 9.09. The van der Waals surface area contributed by atoms with E-state index in [1.807, 2.05) is 30.3 Å². The van der Waals surface area contributed by atoms with E-state index in [1.165, 1.54) is 18.4 Å². The number of thiophene rings is 1. The first-order valence-electron chi connectivity index (χ1n) is 5.79. The zero-order valence-electron chi connectivity index (χ0n) is 10.7. The van der Waals surface area contributed by atoms with Gasteiger partial charge in [-0.15, -0.1) is 11.3 Å². The summed E-state index contributed by atoms with van der Waals surface area (Å²) < 4.78 is 4.75. The lowest BCUT2D eigenvalue weighted by atomic mass is 10.2. The molecule has 0 aliphatic heterocycles. The molecule has 1 heterocycles. The molecule has 104 valence electrons. The number of ether oxygens (including phenoxy) is 1. The Labute approximate surface area is 128 Å². The fourth-order valence-corrected chi connectivity index (χ4v) is 2.83. The summed E-state index contributed by atoms with van der Waals surface area (Å²) in [7, 11) is 1.32. The number of nitrogens with one attached hydrogen (secondary N) is 1. The van der Waals surface area contributed by atoms with Crippen molar-refractivity contribution < 1.29 is 14.3 Å². The Kier molecular flexibility index (Phi) is 4.92. The molecule has 0 aliphatic carbocycles. The van der Waals surface area contributed by atoms with Gasteiger partial charge < -0.3 is 10.1 Å². The number of methoxy groups -OCH3 is 1. The van der Waals surface area contributed by atoms with Crippen LogP contribution in [-0.2, 0) is 9.53 Å². The molecule has 0 unspecified atom stereocenters. The molecule has 1 amide bonds. The molecule has 0 saturated heterocycles. The molecular formula is C14H12BrNO3S. The van der Waals surface area contributed by atoms with Crippen LogP contribution in [0.4, 0.5) is 5.69 Å². The molecule has 0 aliphatic rings. The van der Waals surface area contributed by atoms with Gasteiger partial charge in [-0.2, -0.15) is 0 Å². The van der Waals surface area contributed by atoms with Gasteiger partial charge in [0.05, 0.1) is 18.1 Å². The molecule has 0 atom stereocenters. The van der Waals surface area contributed by atoms with E-state index in [2.05, 4.69) is 21.2 Å². The summed E-state index contributed by atoms with van der Waals surface area (Å²) in [5.41, 5.74) is 1.46. The second-order valence-corrected chi connectivity index (χ2v) is 5.51. The van der Waals surface area contributed by atoms with Gasteiger partial charge in [0, 0.05) is 4.88 Å². The van der Waals surface area contributed by atoms with Crippen LogP contribution >= 0.6 is 27.3 Å². The average molecular weight is 354 g/mol. The van der Waals surface area contributed by atoms with Crippen molar-refractivity contribution in [1.29, 1.82) is 0 Å². The van der Waals surface area contributed by atoms with Crippen molar-refractivity contribution in [2.45, 2.75) is 0 Å². The zero-order valence-corrected chi connectivity index (χ0v) is 13.1. The lowest BCUT2D eigenvalue weighted by molar-refractivity contribution is -0.113. The van der Waals surface area contributed by atoms with Crippen LogP contribution in [0.25, 0.3) is 10.4 Å². The molecule has 0 radical (unpaired) electrons. The van der Waals surface area contributed by atoms with Gasteiger partial charge in [0.1, 0.15) is 4.88 Å². The lowest BCUT2D eigenvalue weighted by Crippen LogP contribution is -2.14. The number of carbonyl (C=O) groups excluding carboxylic acids is 2. The Hall–Kier alpha value is -1.66. The Morgan fingerprint density at radius 3 is 2.60 bits per heavy atom. The van der Waals surface area contributed by atoms with Crippen LogP contribution in [0.1, 0.15) is 9.67 Å². The number of amides is 1. The average Bonchev–Trinajstić information content (AvgIpc) is 2.91. The molecule has 0 fully saturated rings. The van der Waals surface area contributed by atoms with Gasteiger partial charge in [-0.3, -0.25) is 4.79 Å². The van der Waals surface area contributed by atoms with E-state index in [0.717, 1.165) is 10.4 Å². The largest absolute Gasteiger partial charge is 0.465 e. The first-order valence-corrected chi connectivity index (χ1v) is 7.73. The van der Waals surface area contributed by atoms with Gasteiger partial charge in [-0.25, -0.2) is 4.79 Å². The minimum Gasteiger partial charge on any atom is -0.465 e. The van der Waals surface area contributed by atoms with E-state index in [9.17, 15) is 9.59 Å². The number of alkyl halides is 1. The third-order valence-corrected chi connectivity index (χ3v) is 4.23. The highest BCUT2D eigenvalue weighted by Crippen LogP contribution is 2.35. The first kappa shape index (κ1) is 14.7. The number of esters is 1. The number of anilines is 1. The predicted molar refractivity (Wildman–Crippen MR) is 83.5 cm³/mol. The van der Waals surface area contributed by atoms with Crippen molar-refractivity contribution in [3.63, 3.8) is 0 Å². The molecule has 0 bridgehead atoms. The summed E-state index contributed by atoms with van der Waals surface area (Å²) in [5.74, 6) is -0.672. The molecule has 0 saturated carbocycles. The van der Waals surface area contributed by atoms with Crippen LogP contribution in [-0.4, -0.2) is 24.3 Å². The quantitative estimate of drug-likeness (QED) is 0.675. The molecule has 1 N–H and O–H groups in total. The minimum atomic E-state index is -0.456. The predicted octanol–water partition coefficient (Wildman–Crippen LogP) is 3.54. The van der Waals surface area contributed by atoms with E-state index < -0.39 is 5.97 Å². The maximum Gasteiger partial charge on any atom is 0.350 e. The number of benzene rings is 1. The summed E-state index contributed by atoms with van der Waals surface area (Å²) in [4.78, 5) is 24.5. The molecule has 4 nitrogen and oxygen atoms in total. The van der Waals surface area contributed by atoms with Crippen molar-refractivity contribution in [2.24, 2.45) is 0 Å². The number of hydrogen-bond donors (Lipinski definition) is 1. The molecular weight excluding hydrogens is 342 g/mol. The second kappa shape index (κ2) is 6.67. The van der Waals surface area contributed by atoms with Crippen LogP contribution < -0.4 is 5.32 Å². The topological polar surface area (TPSA) is 55.4 Å². The van der Waals surface area contributed by atoms with Crippen LogP contribution in [0.3, 0.4) is 0 Å². The van der Waals surface area contributed by atoms with Gasteiger partial charge in [0.25, 0.3) is 0 Å². The first-order chi connectivity index (χ1) is 9.65. The monoisotopic (exact) mass is 353 g/mol. The molecule has 2 rings (SSSR count). The standard InChI is InChI=1S/C14H12BrNO3S/c1-19-14(18)13-10(16-12(17)8-15)7-11(20-13)9-5-3-2-4-6-9/h2-7H,8H2,1H3,(H,16,17). The van der Waals surface area contributed by atoms with Gasteiger partial charge in [0.15, 0.2) is 0 Å². The highest BCUT2D eigenvalue weighted by atomic mass is 79.9. The van der Waals surface area contributed by atoms with E-state index in [4.69, 9.17) is 4.74 Å². The van der Waals surface area contributed by atoms with E-state index in [0.29, 0.717) is 10.6 Å². The van der Waals surface area contributed by atoms with Crippen molar-refractivity contribution >= 4 is 44.8 Å². The lowest BCUT2D eigenvalue weighted by Gasteiger charge is -2.02. The molecule has 1 aromatic heterocycles. The van der Waals surface area contributed by atoms with Crippen molar-refractivity contribution in [1.82, 2.24) is 0 Å². The number of hydrogen-bond acceptors (Lipinski definition) is 4. The molecule has 6 heteroatoms. The van der Waals surface area contributed by atoms with Crippen molar-refractivity contribution in [2.75, 3.05) is 17.8 Å². The van der Waals surface area contributed by atoms with Crippen molar-refractivity contribution in [3.05, 3.63) is 41.3 Å². The number of carbonyl (C=O) groups is 2. The number of rotatable bonds is 4. The minimum absolute atomic E-state index is 0.171. The normalized spacial score (nSPS) is 10.1. The Morgan fingerprint density at radius 2 is 2.00 bits per heavy atom. The molecule has 20 heavy (non-hydrogen) atoms. The van der Waals surface area contributed by atoms with Crippen molar-refractivity contribution in [3.8, 4) is 10.4 Å². The summed E-state index contributed by atoms with van der Waals surface area (Å²) in [6.07, 6.45) is 0. The maximum absolute atomic E-state index is 11.8. The number of halogens is 1. The van der Waals surface area contributed by atoms with Crippen LogP contribution in [0.15, 0.2) is 36.4 Å². The third kappa shape index (κ3) is 3.26. The van der Waals surface area contributed by atoms with E-state index >= 15 is 0 Å². The van der Waals surface area contributed by atoms with Crippen LogP contribution in [0.5, 0.6) is 0 Å². The van der Waals surface area contributed by atoms with Gasteiger partial charge >= 0.3 is 5.97 Å². The fraction of sp³-hybridized carbons (Fsp3) is 0.143. The molecule has 0 spiro atoms. The maximum atomic E-state index is 11.8. The van der Waals surface area contributed by atoms with E-state index in [1.54, 1.807) is 6.07 Å². The third-order valence-electron chi connectivity index (χ3n) is 2.56. The SMILES string of the molecule is COC(=O)c1sc(-c2ccccc2)cc1NC(=O)CBr. The van der Waals surface area contributed by atoms with E-state index in [-0.39, 0.29) is 11.2 Å². The molecule has 2 aromatic rings. The zero-order chi connectivity index (χ0) is 14.5. The second-order valence-electron chi connectivity index (χ2n) is 3.89. The summed E-state index contributed by atoms with van der Waals surface area (Å²) in [5, 5.41) is 2.86. The fourth-order valence-electron chi connectivity index (χ4n) is 1.66. The molecule has 1 aromatic carbocycles. The van der Waals surface area contributed by atoms with Gasteiger partial charge in [-0.1, -0.05) is 46.3 Å². The Bertz CT molecular complexity index is 625. The Morgan fingerprint density at radius 1 is 1.30 bits per heavy atom. The smallest absolute Gasteiger partial charge is 0.350 e. The summed E-state index contributed by atoms with van der Waals surface area (Å²) in [6.45, 7) is 0. The Balaban J connectivity index is 2.41. The van der Waals surface area contributed by atoms with Gasteiger partial charge in [0.2, 0.25) is 5.91 Å². The summed E-state index contributed by atoms with van der Waals surface area (Å²) >= 11 is 4.37. The van der Waals surface area contributed by atoms with Gasteiger partial charge in [-0.05, 0) is 11.6 Å². The summed E-state index contributed by atoms with van der Waals surface area (Å²) in [6, 6.07) is 11.4. The van der Waals surface area contributed by atoms with Crippen LogP contribution in [0, 0.1) is 0 Å². The van der Waals surface area contributed by atoms with Crippen LogP contribution in [0.2, 0.25) is 0 Å².